The maximum absolute atomic E-state index is 2.69. The predicted octanol–water partition coefficient (Wildman–Crippen LogP) is 12.3. The van der Waals surface area contributed by atoms with Gasteiger partial charge >= 0.3 is 0 Å². The summed E-state index contributed by atoms with van der Waals surface area (Å²) in [6.45, 7) is 0. The van der Waals surface area contributed by atoms with Crippen molar-refractivity contribution in [2.75, 3.05) is 0 Å². The molecule has 242 valence electrons. The predicted molar refractivity (Wildman–Crippen MR) is 209 cm³/mol. The van der Waals surface area contributed by atoms with Gasteiger partial charge in [-0.25, -0.2) is 0 Å². The molecule has 2 saturated carbocycles. The lowest BCUT2D eigenvalue weighted by Gasteiger charge is -2.47. The fraction of sp³-hybridized carbons (Fsp3) is 0.265. The van der Waals surface area contributed by atoms with E-state index in [4.69, 9.17) is 0 Å². The van der Waals surface area contributed by atoms with Gasteiger partial charge in [0.25, 0.3) is 0 Å². The van der Waals surface area contributed by atoms with E-state index in [9.17, 15) is 0 Å². The van der Waals surface area contributed by atoms with Crippen molar-refractivity contribution in [2.24, 2.45) is 40.9 Å². The van der Waals surface area contributed by atoms with Crippen molar-refractivity contribution in [2.45, 2.75) is 38.5 Å². The highest BCUT2D eigenvalue weighted by atomic mass is 32.1. The van der Waals surface area contributed by atoms with Crippen LogP contribution in [0, 0.1) is 40.9 Å². The molecule has 1 aromatic heterocycles. The number of aryl methyl sites for hydroxylation is 1. The van der Waals surface area contributed by atoms with E-state index in [0.29, 0.717) is 35.5 Å². The first-order valence-electron chi connectivity index (χ1n) is 19.1. The third kappa shape index (κ3) is 3.52. The van der Waals surface area contributed by atoms with Crippen LogP contribution in [0.1, 0.15) is 48.1 Å². The summed E-state index contributed by atoms with van der Waals surface area (Å²) in [5.41, 5.74) is 17.8. The Hall–Kier alpha value is -4.46. The van der Waals surface area contributed by atoms with Gasteiger partial charge < -0.3 is 0 Å². The zero-order valence-corrected chi connectivity index (χ0v) is 29.1. The molecule has 0 radical (unpaired) electrons. The summed E-state index contributed by atoms with van der Waals surface area (Å²) >= 11 is 2.01. The summed E-state index contributed by atoms with van der Waals surface area (Å²) in [6, 6.07) is 20.4. The Kier molecular flexibility index (Phi) is 5.82. The van der Waals surface area contributed by atoms with Crippen LogP contribution in [-0.2, 0) is 6.42 Å². The van der Waals surface area contributed by atoms with Crippen LogP contribution in [0.25, 0.3) is 21.2 Å². The molecule has 1 spiro atoms. The number of thiophene rings is 1. The van der Waals surface area contributed by atoms with Crippen LogP contribution in [0.15, 0.2) is 173 Å². The largest absolute Gasteiger partial charge is 0.135 e. The van der Waals surface area contributed by atoms with Crippen molar-refractivity contribution in [3.05, 3.63) is 189 Å². The van der Waals surface area contributed by atoms with Crippen LogP contribution >= 0.6 is 11.3 Å². The fourth-order valence-corrected chi connectivity index (χ4v) is 13.9. The zero-order chi connectivity index (χ0) is 32.6. The second-order valence-electron chi connectivity index (χ2n) is 16.0. The van der Waals surface area contributed by atoms with E-state index in [-0.39, 0.29) is 5.41 Å². The minimum absolute atomic E-state index is 0.176. The van der Waals surface area contributed by atoms with Gasteiger partial charge in [0, 0.05) is 21.4 Å². The van der Waals surface area contributed by atoms with Gasteiger partial charge in [-0.15, -0.1) is 11.3 Å². The van der Waals surface area contributed by atoms with E-state index in [0.717, 1.165) is 32.1 Å². The van der Waals surface area contributed by atoms with Gasteiger partial charge in [0.1, 0.15) is 0 Å². The van der Waals surface area contributed by atoms with E-state index in [1.807, 2.05) is 11.3 Å². The highest BCUT2D eigenvalue weighted by molar-refractivity contribution is 7.20. The molecule has 2 fully saturated rings. The second kappa shape index (κ2) is 10.3. The number of benzene rings is 2. The Morgan fingerprint density at radius 1 is 0.680 bits per heavy atom. The Labute approximate surface area is 299 Å². The molecular formula is C49H40S. The minimum Gasteiger partial charge on any atom is -0.135 e. The summed E-state index contributed by atoms with van der Waals surface area (Å²) in [5.74, 6) is 3.05. The molecule has 7 atom stereocenters. The smallest absolute Gasteiger partial charge is 0.0390 e. The molecule has 2 aromatic carbocycles. The first kappa shape index (κ1) is 28.3. The number of rotatable bonds is 2. The van der Waals surface area contributed by atoms with Gasteiger partial charge in [-0.05, 0) is 140 Å². The molecule has 7 unspecified atom stereocenters. The van der Waals surface area contributed by atoms with Gasteiger partial charge in [0.05, 0.1) is 0 Å². The Morgan fingerprint density at radius 3 is 2.40 bits per heavy atom. The average molecular weight is 661 g/mol. The lowest BCUT2D eigenvalue weighted by atomic mass is 9.55. The molecule has 0 N–H and O–H groups in total. The molecule has 3 aromatic rings. The molecule has 0 aliphatic heterocycles. The number of allylic oxidation sites excluding steroid dienone is 22. The van der Waals surface area contributed by atoms with Crippen LogP contribution < -0.4 is 0 Å². The molecule has 0 saturated heterocycles. The first-order chi connectivity index (χ1) is 24.8. The maximum atomic E-state index is 2.69. The second-order valence-corrected chi connectivity index (χ2v) is 17.0. The molecule has 0 amide bonds. The van der Waals surface area contributed by atoms with Gasteiger partial charge in [0.15, 0.2) is 0 Å². The molecule has 0 nitrogen and oxygen atoms in total. The normalized spacial score (nSPS) is 33.7. The van der Waals surface area contributed by atoms with Gasteiger partial charge in [-0.3, -0.25) is 0 Å². The molecule has 50 heavy (non-hydrogen) atoms. The zero-order valence-electron chi connectivity index (χ0n) is 28.3. The summed E-state index contributed by atoms with van der Waals surface area (Å²) in [4.78, 5) is 1.52. The van der Waals surface area contributed by atoms with Crippen molar-refractivity contribution in [1.29, 1.82) is 0 Å². The van der Waals surface area contributed by atoms with Gasteiger partial charge in [-0.1, -0.05) is 128 Å². The van der Waals surface area contributed by atoms with Crippen LogP contribution in [0.2, 0.25) is 0 Å². The van der Waals surface area contributed by atoms with Crippen molar-refractivity contribution in [1.82, 2.24) is 0 Å². The molecule has 0 bridgehead atoms. The van der Waals surface area contributed by atoms with E-state index in [1.54, 1.807) is 44.6 Å². The van der Waals surface area contributed by atoms with Gasteiger partial charge in [0.2, 0.25) is 0 Å². The Morgan fingerprint density at radius 2 is 1.48 bits per heavy atom. The topological polar surface area (TPSA) is 0 Å². The summed E-state index contributed by atoms with van der Waals surface area (Å²) in [7, 11) is 0. The highest BCUT2D eigenvalue weighted by Crippen LogP contribution is 2.77. The van der Waals surface area contributed by atoms with Crippen LogP contribution in [0.5, 0.6) is 0 Å². The van der Waals surface area contributed by atoms with Crippen LogP contribution in [0.4, 0.5) is 0 Å². The molecule has 9 aliphatic carbocycles. The average Bonchev–Trinajstić information content (AvgIpc) is 3.82. The monoisotopic (exact) mass is 660 g/mol. The molecule has 12 rings (SSSR count). The third-order valence-corrected chi connectivity index (χ3v) is 15.4. The highest BCUT2D eigenvalue weighted by Gasteiger charge is 2.68. The number of hydrogen-bond acceptors (Lipinski definition) is 1. The third-order valence-electron chi connectivity index (χ3n) is 14.2. The molecular weight excluding hydrogens is 621 g/mol. The Balaban J connectivity index is 1.06. The van der Waals surface area contributed by atoms with Crippen molar-refractivity contribution in [3.8, 4) is 0 Å². The van der Waals surface area contributed by atoms with E-state index < -0.39 is 0 Å². The Bertz CT molecular complexity index is 2400. The summed E-state index contributed by atoms with van der Waals surface area (Å²) in [6.07, 6.45) is 39.7. The van der Waals surface area contributed by atoms with Crippen LogP contribution in [0.3, 0.4) is 0 Å². The quantitative estimate of drug-likeness (QED) is 0.257. The first-order valence-corrected chi connectivity index (χ1v) is 19.9. The molecule has 1 heterocycles. The van der Waals surface area contributed by atoms with Crippen molar-refractivity contribution in [3.63, 3.8) is 0 Å². The SMILES string of the molecule is C1=CCC2C(=C1)C1=CC(C3=CCCc4c3sc3ccccc43)=CCC1C21C2CC=CC3=C2C2=C(C=C(c4ccccc4)CC21)C1C=CC=CC31. The standard InChI is InChI=1S/C49H40S/c1-2-12-29(13-3-1)31-27-40-34-15-5-4-14-33(34)37-19-11-22-43-46(37)47(40)44(28-31)49(43)41-21-8-6-16-35(41)39-26-30(24-25-42(39)49)32-18-10-20-38-36-17-7-9-23-45(36)50-48(32)38/h1-9,11-19,23-24,26-27,33-34,41-44H,10,20-22,25,28H2. The molecule has 1 heteroatoms. The van der Waals surface area contributed by atoms with Crippen LogP contribution in [-0.4, -0.2) is 0 Å². The minimum atomic E-state index is 0.176. The van der Waals surface area contributed by atoms with Gasteiger partial charge in [-0.2, -0.15) is 0 Å². The molecule has 9 aliphatic rings. The van der Waals surface area contributed by atoms with E-state index in [1.165, 1.54) is 38.1 Å². The number of fused-ring (bicyclic) bond motifs is 13. The maximum Gasteiger partial charge on any atom is 0.0390 e. The van der Waals surface area contributed by atoms with Crippen molar-refractivity contribution >= 4 is 32.6 Å². The van der Waals surface area contributed by atoms with Crippen molar-refractivity contribution < 1.29 is 0 Å². The van der Waals surface area contributed by atoms with E-state index in [2.05, 4.69) is 134 Å². The van der Waals surface area contributed by atoms with E-state index >= 15 is 0 Å². The number of hydrogen-bond donors (Lipinski definition) is 0. The summed E-state index contributed by atoms with van der Waals surface area (Å²) < 4.78 is 1.43. The lowest BCUT2D eigenvalue weighted by Crippen LogP contribution is -2.43. The summed E-state index contributed by atoms with van der Waals surface area (Å²) in [5, 5.41) is 1.47. The fourth-order valence-electron chi connectivity index (χ4n) is 12.5. The lowest BCUT2D eigenvalue weighted by molar-refractivity contribution is 0.0541.